The zero-order valence-electron chi connectivity index (χ0n) is 17.1. The molecule has 1 aliphatic carbocycles. The van der Waals surface area contributed by atoms with Crippen LogP contribution in [0.25, 0.3) is 33.2 Å². The van der Waals surface area contributed by atoms with Crippen molar-refractivity contribution in [1.29, 1.82) is 0 Å². The quantitative estimate of drug-likeness (QED) is 0.489. The molecular formula is C22H25FN6. The van der Waals surface area contributed by atoms with Crippen LogP contribution in [0.4, 0.5) is 10.3 Å². The number of anilines is 1. The molecule has 0 unspecified atom stereocenters. The molecule has 1 aromatic carbocycles. The summed E-state index contributed by atoms with van der Waals surface area (Å²) in [6, 6.07) is 4.12. The summed E-state index contributed by atoms with van der Waals surface area (Å²) in [5.41, 5.74) is 3.64. The third kappa shape index (κ3) is 3.05. The number of benzene rings is 1. The van der Waals surface area contributed by atoms with Crippen LogP contribution in [0.15, 0.2) is 24.5 Å². The van der Waals surface area contributed by atoms with E-state index in [1.54, 1.807) is 6.07 Å². The molecule has 1 saturated carbocycles. The van der Waals surface area contributed by atoms with Gasteiger partial charge in [-0.05, 0) is 64.2 Å². The van der Waals surface area contributed by atoms with Crippen molar-refractivity contribution in [2.45, 2.75) is 52.6 Å². The molecule has 0 radical (unpaired) electrons. The van der Waals surface area contributed by atoms with Gasteiger partial charge in [-0.25, -0.2) is 14.4 Å². The molecule has 1 fully saturated rings. The fourth-order valence-corrected chi connectivity index (χ4v) is 4.21. The number of hydrogen-bond donors (Lipinski definition) is 2. The number of H-pyrrole nitrogens is 1. The van der Waals surface area contributed by atoms with Gasteiger partial charge in [0.2, 0.25) is 5.95 Å². The van der Waals surface area contributed by atoms with Crippen molar-refractivity contribution in [2.24, 2.45) is 5.92 Å². The summed E-state index contributed by atoms with van der Waals surface area (Å²) in [7, 11) is 0. The molecule has 0 bridgehead atoms. The van der Waals surface area contributed by atoms with E-state index in [1.807, 2.05) is 25.4 Å². The number of aryl methyl sites for hydroxylation is 1. The van der Waals surface area contributed by atoms with Crippen molar-refractivity contribution in [3.8, 4) is 11.1 Å². The summed E-state index contributed by atoms with van der Waals surface area (Å²) < 4.78 is 16.9. The van der Waals surface area contributed by atoms with E-state index in [2.05, 4.69) is 50.6 Å². The third-order valence-electron chi connectivity index (χ3n) is 5.87. The molecule has 1 aliphatic rings. The number of hydrogen-bond acceptors (Lipinski definition) is 4. The summed E-state index contributed by atoms with van der Waals surface area (Å²) in [5, 5.41) is 4.26. The molecule has 0 aliphatic heterocycles. The van der Waals surface area contributed by atoms with E-state index in [0.717, 1.165) is 39.4 Å². The molecule has 3 heterocycles. The van der Waals surface area contributed by atoms with E-state index in [4.69, 9.17) is 0 Å². The second-order valence-electron chi connectivity index (χ2n) is 8.38. The monoisotopic (exact) mass is 392 g/mol. The van der Waals surface area contributed by atoms with E-state index >= 15 is 0 Å². The first-order valence-electron chi connectivity index (χ1n) is 10.2. The molecule has 150 valence electrons. The van der Waals surface area contributed by atoms with Crippen molar-refractivity contribution in [3.63, 3.8) is 0 Å². The molecule has 2 N–H and O–H groups in total. The molecule has 1 atom stereocenters. The van der Waals surface area contributed by atoms with Gasteiger partial charge in [0.25, 0.3) is 0 Å². The zero-order chi connectivity index (χ0) is 20.3. The predicted molar refractivity (Wildman–Crippen MR) is 114 cm³/mol. The van der Waals surface area contributed by atoms with Crippen molar-refractivity contribution in [2.75, 3.05) is 5.32 Å². The molecule has 4 aromatic rings. The Morgan fingerprint density at radius 2 is 2.00 bits per heavy atom. The standard InChI is InChI=1S/C22H25FN6/c1-11(2)29-13(4)27-20-18(23)7-15(8-19(20)29)16-9-24-21-17(16)10-25-22(28-21)26-12(3)14-5-6-14/h7-12,14H,5-6H2,1-4H3,(H2,24,25,26,28)/t12-/m1/s1. The fraction of sp³-hybridized carbons (Fsp3) is 0.409. The second kappa shape index (κ2) is 6.54. The first-order valence-corrected chi connectivity index (χ1v) is 10.2. The van der Waals surface area contributed by atoms with Crippen molar-refractivity contribution in [1.82, 2.24) is 24.5 Å². The van der Waals surface area contributed by atoms with Crippen LogP contribution < -0.4 is 5.32 Å². The van der Waals surface area contributed by atoms with E-state index in [0.29, 0.717) is 17.5 Å². The highest BCUT2D eigenvalue weighted by Gasteiger charge is 2.28. The lowest BCUT2D eigenvalue weighted by Crippen LogP contribution is -2.18. The second-order valence-corrected chi connectivity index (χ2v) is 8.38. The number of rotatable bonds is 5. The van der Waals surface area contributed by atoms with Gasteiger partial charge >= 0.3 is 0 Å². The molecule has 6 nitrogen and oxygen atoms in total. The number of halogens is 1. The Morgan fingerprint density at radius 3 is 2.72 bits per heavy atom. The van der Waals surface area contributed by atoms with E-state index in [-0.39, 0.29) is 11.9 Å². The van der Waals surface area contributed by atoms with Crippen LogP contribution in [0, 0.1) is 18.7 Å². The lowest BCUT2D eigenvalue weighted by molar-refractivity contribution is 0.600. The van der Waals surface area contributed by atoms with Gasteiger partial charge in [0.1, 0.15) is 17.0 Å². The molecule has 0 spiro atoms. The Hall–Kier alpha value is -2.96. The first-order chi connectivity index (χ1) is 13.9. The first kappa shape index (κ1) is 18.1. The van der Waals surface area contributed by atoms with Gasteiger partial charge in [0, 0.05) is 35.4 Å². The molecule has 0 amide bonds. The lowest BCUT2D eigenvalue weighted by atomic mass is 10.1. The maximum Gasteiger partial charge on any atom is 0.224 e. The van der Waals surface area contributed by atoms with E-state index in [9.17, 15) is 4.39 Å². The Balaban J connectivity index is 1.58. The maximum atomic E-state index is 14.9. The number of nitrogens with one attached hydrogen (secondary N) is 2. The SMILES string of the molecule is Cc1nc2c(F)cc(-c3c[nH]c4nc(N[C@H](C)C5CC5)ncc34)cc2n1C(C)C. The van der Waals surface area contributed by atoms with Crippen LogP contribution in [0.2, 0.25) is 0 Å². The Labute approximate surface area is 168 Å². The van der Waals surface area contributed by atoms with Gasteiger partial charge in [-0.1, -0.05) is 0 Å². The van der Waals surface area contributed by atoms with E-state index < -0.39 is 0 Å². The smallest absolute Gasteiger partial charge is 0.224 e. The maximum absolute atomic E-state index is 14.9. The summed E-state index contributed by atoms with van der Waals surface area (Å²) in [6.07, 6.45) is 6.22. The highest BCUT2D eigenvalue weighted by Crippen LogP contribution is 2.35. The largest absolute Gasteiger partial charge is 0.351 e. The lowest BCUT2D eigenvalue weighted by Gasteiger charge is -2.12. The van der Waals surface area contributed by atoms with Gasteiger partial charge in [-0.2, -0.15) is 4.98 Å². The van der Waals surface area contributed by atoms with Gasteiger partial charge in [-0.15, -0.1) is 0 Å². The van der Waals surface area contributed by atoms with Gasteiger partial charge in [0.05, 0.1) is 5.52 Å². The van der Waals surface area contributed by atoms with Crippen LogP contribution in [0.5, 0.6) is 0 Å². The molecule has 29 heavy (non-hydrogen) atoms. The highest BCUT2D eigenvalue weighted by molar-refractivity contribution is 5.96. The Kier molecular flexibility index (Phi) is 4.08. The van der Waals surface area contributed by atoms with Crippen LogP contribution in [0.1, 0.15) is 45.5 Å². The fourth-order valence-electron chi connectivity index (χ4n) is 4.21. The van der Waals surface area contributed by atoms with Crippen LogP contribution in [-0.4, -0.2) is 30.5 Å². The normalized spacial score (nSPS) is 15.5. The number of aromatic nitrogens is 5. The number of imidazole rings is 1. The minimum atomic E-state index is -0.313. The number of fused-ring (bicyclic) bond motifs is 2. The average molecular weight is 392 g/mol. The van der Waals surface area contributed by atoms with Crippen LogP contribution in [-0.2, 0) is 0 Å². The number of nitrogens with zero attached hydrogens (tertiary/aromatic N) is 4. The van der Waals surface area contributed by atoms with Gasteiger partial charge in [-0.3, -0.25) is 0 Å². The summed E-state index contributed by atoms with van der Waals surface area (Å²) in [5.74, 6) is 1.85. The Morgan fingerprint density at radius 1 is 1.21 bits per heavy atom. The number of aromatic amines is 1. The molecule has 0 saturated heterocycles. The van der Waals surface area contributed by atoms with Crippen LogP contribution >= 0.6 is 0 Å². The van der Waals surface area contributed by atoms with Crippen LogP contribution in [0.3, 0.4) is 0 Å². The van der Waals surface area contributed by atoms with Crippen molar-refractivity contribution in [3.05, 3.63) is 36.2 Å². The molecule has 3 aromatic heterocycles. The Bertz CT molecular complexity index is 1220. The summed E-state index contributed by atoms with van der Waals surface area (Å²) >= 11 is 0. The highest BCUT2D eigenvalue weighted by atomic mass is 19.1. The predicted octanol–water partition coefficient (Wildman–Crippen LogP) is 5.21. The average Bonchev–Trinajstić information content (AvgIpc) is 3.35. The minimum absolute atomic E-state index is 0.197. The summed E-state index contributed by atoms with van der Waals surface area (Å²) in [6.45, 7) is 8.24. The molecular weight excluding hydrogens is 367 g/mol. The summed E-state index contributed by atoms with van der Waals surface area (Å²) in [4.78, 5) is 16.8. The van der Waals surface area contributed by atoms with E-state index in [1.165, 1.54) is 12.8 Å². The van der Waals surface area contributed by atoms with Crippen molar-refractivity contribution < 1.29 is 4.39 Å². The van der Waals surface area contributed by atoms with Gasteiger partial charge in [0.15, 0.2) is 5.82 Å². The molecule has 5 rings (SSSR count). The van der Waals surface area contributed by atoms with Gasteiger partial charge < -0.3 is 14.9 Å². The minimum Gasteiger partial charge on any atom is -0.351 e. The van der Waals surface area contributed by atoms with Crippen molar-refractivity contribution >= 4 is 28.0 Å². The topological polar surface area (TPSA) is 71.4 Å². The molecule has 7 heteroatoms. The zero-order valence-corrected chi connectivity index (χ0v) is 17.1. The third-order valence-corrected chi connectivity index (χ3v) is 5.87.